The molecule has 28 heavy (non-hydrogen) atoms. The number of rotatable bonds is 8. The van der Waals surface area contributed by atoms with Gasteiger partial charge in [-0.3, -0.25) is 4.79 Å². The molecule has 10 heteroatoms. The van der Waals surface area contributed by atoms with Crippen molar-refractivity contribution in [1.29, 1.82) is 0 Å². The number of hydrogen-bond donors (Lipinski definition) is 1. The molecule has 6 nitrogen and oxygen atoms in total. The fourth-order valence-electron chi connectivity index (χ4n) is 2.39. The van der Waals surface area contributed by atoms with Gasteiger partial charge in [-0.2, -0.15) is 4.31 Å². The quantitative estimate of drug-likeness (QED) is 0.613. The lowest BCUT2D eigenvalue weighted by Crippen LogP contribution is -2.30. The lowest BCUT2D eigenvalue weighted by molar-refractivity contribution is -0.118. The Labute approximate surface area is 179 Å². The van der Waals surface area contributed by atoms with Gasteiger partial charge in [0.2, 0.25) is 10.0 Å². The topological polar surface area (TPSA) is 75.7 Å². The summed E-state index contributed by atoms with van der Waals surface area (Å²) in [6.07, 6.45) is 0. The van der Waals surface area contributed by atoms with Crippen LogP contribution in [0.5, 0.6) is 5.75 Å². The van der Waals surface area contributed by atoms with Crippen molar-refractivity contribution >= 4 is 56.4 Å². The van der Waals surface area contributed by atoms with Crippen molar-refractivity contribution in [3.05, 3.63) is 51.5 Å². The first kappa shape index (κ1) is 22.8. The summed E-state index contributed by atoms with van der Waals surface area (Å²) in [5, 5.41) is 3.43. The van der Waals surface area contributed by atoms with Gasteiger partial charge in [0.1, 0.15) is 5.75 Å². The highest BCUT2D eigenvalue weighted by Crippen LogP contribution is 2.29. The molecule has 2 rings (SSSR count). The maximum Gasteiger partial charge on any atom is 0.262 e. The summed E-state index contributed by atoms with van der Waals surface area (Å²) in [7, 11) is -3.63. The molecule has 0 heterocycles. The molecule has 0 bridgehead atoms. The standard InChI is InChI=1S/C18H19Cl3N2O4S/c1-3-23(4-2)28(25,26)13-6-8-17(15(21)10-13)27-11-18(24)22-16-7-5-12(19)9-14(16)20/h5-10H,3-4,11H2,1-2H3,(H,22,24). The highest BCUT2D eigenvalue weighted by atomic mass is 35.5. The molecule has 0 aliphatic carbocycles. The summed E-state index contributed by atoms with van der Waals surface area (Å²) in [6.45, 7) is 3.88. The second-order valence-corrected chi connectivity index (χ2v) is 8.83. The molecule has 2 aromatic rings. The molecular weight excluding hydrogens is 447 g/mol. The fourth-order valence-corrected chi connectivity index (χ4v) is 4.63. The second-order valence-electron chi connectivity index (χ2n) is 5.64. The molecule has 152 valence electrons. The molecule has 0 fully saturated rings. The van der Waals surface area contributed by atoms with Gasteiger partial charge in [-0.15, -0.1) is 0 Å². The van der Waals surface area contributed by atoms with Crippen molar-refractivity contribution in [3.8, 4) is 5.75 Å². The molecule has 0 saturated heterocycles. The number of halogens is 3. The first-order valence-electron chi connectivity index (χ1n) is 8.36. The van der Waals surface area contributed by atoms with E-state index in [0.717, 1.165) is 0 Å². The summed E-state index contributed by atoms with van der Waals surface area (Å²) >= 11 is 18.0. The van der Waals surface area contributed by atoms with E-state index in [1.165, 1.54) is 28.6 Å². The summed E-state index contributed by atoms with van der Waals surface area (Å²) in [6, 6.07) is 8.78. The molecule has 0 aliphatic rings. The lowest BCUT2D eigenvalue weighted by atomic mass is 10.3. The zero-order chi connectivity index (χ0) is 20.9. The van der Waals surface area contributed by atoms with Crippen molar-refractivity contribution in [2.75, 3.05) is 25.0 Å². The SMILES string of the molecule is CCN(CC)S(=O)(=O)c1ccc(OCC(=O)Nc2ccc(Cl)cc2Cl)c(Cl)c1. The summed E-state index contributed by atoms with van der Waals surface area (Å²) < 4.78 is 31.8. The van der Waals surface area contributed by atoms with Gasteiger partial charge in [-0.05, 0) is 36.4 Å². The van der Waals surface area contributed by atoms with Crippen molar-refractivity contribution in [2.24, 2.45) is 0 Å². The van der Waals surface area contributed by atoms with Gasteiger partial charge in [-0.1, -0.05) is 48.7 Å². The van der Waals surface area contributed by atoms with Crippen molar-refractivity contribution in [2.45, 2.75) is 18.7 Å². The third-order valence-corrected chi connectivity index (χ3v) is 6.70. The third kappa shape index (κ3) is 5.52. The Morgan fingerprint density at radius 1 is 1.04 bits per heavy atom. The predicted octanol–water partition coefficient (Wildman–Crippen LogP) is 4.69. The number of carbonyl (C=O) groups excluding carboxylic acids is 1. The minimum absolute atomic E-state index is 0.0611. The number of ether oxygens (including phenoxy) is 1. The second kappa shape index (κ2) is 9.80. The van der Waals surface area contributed by atoms with E-state index in [4.69, 9.17) is 39.5 Å². The Bertz CT molecular complexity index is 963. The molecule has 0 unspecified atom stereocenters. The van der Waals surface area contributed by atoms with E-state index in [1.807, 2.05) is 0 Å². The fraction of sp³-hybridized carbons (Fsp3) is 0.278. The van der Waals surface area contributed by atoms with Gasteiger partial charge in [0.25, 0.3) is 5.91 Å². The first-order valence-corrected chi connectivity index (χ1v) is 10.9. The Morgan fingerprint density at radius 3 is 2.29 bits per heavy atom. The third-order valence-electron chi connectivity index (χ3n) is 3.81. The van der Waals surface area contributed by atoms with E-state index in [2.05, 4.69) is 5.32 Å². The van der Waals surface area contributed by atoms with E-state index < -0.39 is 15.9 Å². The van der Waals surface area contributed by atoms with Crippen LogP contribution in [0.2, 0.25) is 15.1 Å². The van der Waals surface area contributed by atoms with Gasteiger partial charge in [-0.25, -0.2) is 8.42 Å². The smallest absolute Gasteiger partial charge is 0.262 e. The van der Waals surface area contributed by atoms with Crippen LogP contribution in [0.3, 0.4) is 0 Å². The molecule has 0 atom stereocenters. The van der Waals surface area contributed by atoms with Crippen LogP contribution in [0.4, 0.5) is 5.69 Å². The van der Waals surface area contributed by atoms with Crippen LogP contribution in [0.25, 0.3) is 0 Å². The van der Waals surface area contributed by atoms with Crippen LogP contribution in [0, 0.1) is 0 Å². The van der Waals surface area contributed by atoms with E-state index >= 15 is 0 Å². The average Bonchev–Trinajstić information content (AvgIpc) is 2.63. The average molecular weight is 466 g/mol. The minimum Gasteiger partial charge on any atom is -0.482 e. The summed E-state index contributed by atoms with van der Waals surface area (Å²) in [4.78, 5) is 12.1. The van der Waals surface area contributed by atoms with E-state index in [-0.39, 0.29) is 22.3 Å². The zero-order valence-electron chi connectivity index (χ0n) is 15.2. The highest BCUT2D eigenvalue weighted by Gasteiger charge is 2.22. The lowest BCUT2D eigenvalue weighted by Gasteiger charge is -2.19. The maximum absolute atomic E-state index is 12.5. The number of carbonyl (C=O) groups is 1. The Hall–Kier alpha value is -1.51. The zero-order valence-corrected chi connectivity index (χ0v) is 18.3. The van der Waals surface area contributed by atoms with Crippen LogP contribution in [-0.2, 0) is 14.8 Å². The molecule has 0 radical (unpaired) electrons. The van der Waals surface area contributed by atoms with Gasteiger partial charge < -0.3 is 10.1 Å². The molecule has 1 amide bonds. The monoisotopic (exact) mass is 464 g/mol. The number of anilines is 1. The van der Waals surface area contributed by atoms with Crippen molar-refractivity contribution < 1.29 is 17.9 Å². The van der Waals surface area contributed by atoms with Crippen LogP contribution in [-0.4, -0.2) is 38.3 Å². The Kier molecular flexibility index (Phi) is 7.97. The van der Waals surface area contributed by atoms with E-state index in [9.17, 15) is 13.2 Å². The maximum atomic E-state index is 12.5. The number of hydrogen-bond acceptors (Lipinski definition) is 4. The highest BCUT2D eigenvalue weighted by molar-refractivity contribution is 7.89. The van der Waals surface area contributed by atoms with Crippen LogP contribution >= 0.6 is 34.8 Å². The summed E-state index contributed by atoms with van der Waals surface area (Å²) in [5.74, 6) is -0.266. The molecule has 0 aromatic heterocycles. The van der Waals surface area contributed by atoms with Gasteiger partial charge >= 0.3 is 0 Å². The van der Waals surface area contributed by atoms with E-state index in [0.29, 0.717) is 28.8 Å². The molecular formula is C18H19Cl3N2O4S. The van der Waals surface area contributed by atoms with Crippen LogP contribution in [0.1, 0.15) is 13.8 Å². The van der Waals surface area contributed by atoms with Crippen LogP contribution < -0.4 is 10.1 Å². The molecule has 0 spiro atoms. The minimum atomic E-state index is -3.63. The molecule has 1 N–H and O–H groups in total. The predicted molar refractivity (Wildman–Crippen MR) is 112 cm³/mol. The van der Waals surface area contributed by atoms with Gasteiger partial charge in [0.15, 0.2) is 6.61 Å². The molecule has 0 saturated carbocycles. The normalized spacial score (nSPS) is 11.5. The number of nitrogens with zero attached hydrogens (tertiary/aromatic N) is 1. The Morgan fingerprint density at radius 2 is 1.71 bits per heavy atom. The number of amides is 1. The van der Waals surface area contributed by atoms with Crippen molar-refractivity contribution in [3.63, 3.8) is 0 Å². The number of nitrogens with one attached hydrogen (secondary N) is 1. The number of benzene rings is 2. The first-order chi connectivity index (χ1) is 13.2. The van der Waals surface area contributed by atoms with Gasteiger partial charge in [0.05, 0.1) is 20.6 Å². The van der Waals surface area contributed by atoms with E-state index in [1.54, 1.807) is 26.0 Å². The van der Waals surface area contributed by atoms with Crippen LogP contribution in [0.15, 0.2) is 41.3 Å². The Balaban J connectivity index is 2.06. The molecule has 0 aliphatic heterocycles. The van der Waals surface area contributed by atoms with Crippen molar-refractivity contribution in [1.82, 2.24) is 4.31 Å². The number of sulfonamides is 1. The van der Waals surface area contributed by atoms with Gasteiger partial charge in [0, 0.05) is 18.1 Å². The largest absolute Gasteiger partial charge is 0.482 e. The summed E-state index contributed by atoms with van der Waals surface area (Å²) in [5.41, 5.74) is 0.395. The molecule has 2 aromatic carbocycles.